The van der Waals surface area contributed by atoms with Crippen LogP contribution in [0.2, 0.25) is 0 Å². The number of rotatable bonds is 1. The number of hydrogen-bond donors (Lipinski definition) is 0. The molecule has 2 bridgehead atoms. The van der Waals surface area contributed by atoms with Crippen molar-refractivity contribution in [1.82, 2.24) is 0 Å². The molecule has 1 aliphatic carbocycles. The van der Waals surface area contributed by atoms with Crippen molar-refractivity contribution in [3.8, 4) is 0 Å². The molecule has 0 aromatic heterocycles. The Kier molecular flexibility index (Phi) is 2.44. The van der Waals surface area contributed by atoms with E-state index in [-0.39, 0.29) is 11.5 Å². The van der Waals surface area contributed by atoms with Gasteiger partial charge in [-0.3, -0.25) is 0 Å². The summed E-state index contributed by atoms with van der Waals surface area (Å²) in [4.78, 5) is 0. The minimum absolute atomic E-state index is 0.0304. The molecule has 1 heteroatoms. The molecule has 2 aliphatic heterocycles. The molecule has 2 unspecified atom stereocenters. The molecule has 0 saturated heterocycles. The summed E-state index contributed by atoms with van der Waals surface area (Å²) in [6.07, 6.45) is 7.16. The van der Waals surface area contributed by atoms with E-state index >= 15 is 0 Å². The van der Waals surface area contributed by atoms with E-state index in [1.807, 2.05) is 0 Å². The van der Waals surface area contributed by atoms with Crippen LogP contribution >= 0.6 is 0 Å². The van der Waals surface area contributed by atoms with Crippen molar-refractivity contribution < 1.29 is 4.74 Å². The molecule has 17 heavy (non-hydrogen) atoms. The monoisotopic (exact) mass is 226 g/mol. The van der Waals surface area contributed by atoms with Crippen LogP contribution in [0.4, 0.5) is 0 Å². The Morgan fingerprint density at radius 3 is 2.76 bits per heavy atom. The van der Waals surface area contributed by atoms with Crippen molar-refractivity contribution in [3.05, 3.63) is 54.1 Å². The predicted octanol–water partition coefficient (Wildman–Crippen LogP) is 3.68. The number of ether oxygens (including phenoxy) is 1. The molecule has 88 valence electrons. The highest BCUT2D eigenvalue weighted by Gasteiger charge is 2.37. The van der Waals surface area contributed by atoms with Crippen LogP contribution in [0.3, 0.4) is 0 Å². The van der Waals surface area contributed by atoms with Crippen LogP contribution in [0, 0.1) is 11.3 Å². The van der Waals surface area contributed by atoms with Crippen LogP contribution in [-0.2, 0) is 4.74 Å². The van der Waals surface area contributed by atoms with E-state index in [9.17, 15) is 0 Å². The minimum atomic E-state index is 0.0304. The van der Waals surface area contributed by atoms with Gasteiger partial charge in [0.2, 0.25) is 0 Å². The van der Waals surface area contributed by atoms with Crippen molar-refractivity contribution in [1.29, 1.82) is 0 Å². The van der Waals surface area contributed by atoms with E-state index < -0.39 is 0 Å². The summed E-state index contributed by atoms with van der Waals surface area (Å²) in [5.41, 5.74) is 2.76. The normalized spacial score (nSPS) is 35.5. The summed E-state index contributed by atoms with van der Waals surface area (Å²) in [7, 11) is 0. The van der Waals surface area contributed by atoms with Gasteiger partial charge in [0.05, 0.1) is 12.7 Å². The topological polar surface area (TPSA) is 9.23 Å². The molecular weight excluding hydrogens is 208 g/mol. The van der Waals surface area contributed by atoms with E-state index in [0.717, 1.165) is 6.61 Å². The van der Waals surface area contributed by atoms with E-state index in [1.165, 1.54) is 11.1 Å². The molecule has 1 nitrogen and oxygen atoms in total. The Hall–Kier alpha value is -1.34. The highest BCUT2D eigenvalue weighted by Crippen LogP contribution is 2.44. The number of benzene rings is 1. The second-order valence-electron chi connectivity index (χ2n) is 5.36. The van der Waals surface area contributed by atoms with Crippen molar-refractivity contribution in [2.45, 2.75) is 20.0 Å². The Labute approximate surface area is 103 Å². The van der Waals surface area contributed by atoms with Gasteiger partial charge < -0.3 is 4.74 Å². The van der Waals surface area contributed by atoms with Gasteiger partial charge in [-0.1, -0.05) is 55.5 Å². The second kappa shape index (κ2) is 3.85. The van der Waals surface area contributed by atoms with Crippen LogP contribution in [0.25, 0.3) is 5.57 Å². The van der Waals surface area contributed by atoms with E-state index in [2.05, 4.69) is 62.4 Å². The van der Waals surface area contributed by atoms with Gasteiger partial charge in [-0.25, -0.2) is 0 Å². The highest BCUT2D eigenvalue weighted by atomic mass is 16.5. The molecule has 3 aliphatic rings. The smallest absolute Gasteiger partial charge is 0.0822 e. The fourth-order valence-corrected chi connectivity index (χ4v) is 2.71. The van der Waals surface area contributed by atoms with Gasteiger partial charge in [-0.05, 0) is 18.1 Å². The first-order valence-electron chi connectivity index (χ1n) is 6.28. The maximum absolute atomic E-state index is 5.93. The third kappa shape index (κ3) is 1.75. The zero-order valence-corrected chi connectivity index (χ0v) is 10.4. The zero-order valence-electron chi connectivity index (χ0n) is 10.4. The van der Waals surface area contributed by atoms with Gasteiger partial charge in [-0.15, -0.1) is 0 Å². The summed E-state index contributed by atoms with van der Waals surface area (Å²) in [5.74, 6) is 0.470. The van der Waals surface area contributed by atoms with Gasteiger partial charge in [0, 0.05) is 11.3 Å². The number of fused-ring (bicyclic) bond motifs is 2. The SMILES string of the molecule is C[C@H]1C=CC2(C)COC1C=C2c1ccccc1. The van der Waals surface area contributed by atoms with Gasteiger partial charge in [0.1, 0.15) is 0 Å². The third-order valence-corrected chi connectivity index (χ3v) is 3.89. The molecule has 0 spiro atoms. The molecular formula is C16H18O. The Balaban J connectivity index is 2.11. The largest absolute Gasteiger partial charge is 0.372 e. The van der Waals surface area contributed by atoms with Crippen molar-refractivity contribution in [2.75, 3.05) is 6.61 Å². The van der Waals surface area contributed by atoms with Crippen molar-refractivity contribution in [2.24, 2.45) is 11.3 Å². The standard InChI is InChI=1S/C16H18O/c1-12-8-9-16(2)11-17-15(12)10-14(16)13-6-4-3-5-7-13/h3-10,12,15H,11H2,1-2H3/t12-,15?,16?/m0/s1. The molecule has 0 radical (unpaired) electrons. The lowest BCUT2D eigenvalue weighted by Gasteiger charge is -2.34. The number of hydrogen-bond acceptors (Lipinski definition) is 1. The summed E-state index contributed by atoms with van der Waals surface area (Å²) >= 11 is 0. The third-order valence-electron chi connectivity index (χ3n) is 3.89. The lowest BCUT2D eigenvalue weighted by atomic mass is 9.78. The summed E-state index contributed by atoms with van der Waals surface area (Å²) < 4.78 is 5.93. The zero-order chi connectivity index (χ0) is 11.9. The molecule has 0 saturated carbocycles. The second-order valence-corrected chi connectivity index (χ2v) is 5.36. The van der Waals surface area contributed by atoms with E-state index in [0.29, 0.717) is 5.92 Å². The highest BCUT2D eigenvalue weighted by molar-refractivity contribution is 5.73. The molecule has 0 N–H and O–H groups in total. The van der Waals surface area contributed by atoms with Crippen LogP contribution in [0.15, 0.2) is 48.6 Å². The van der Waals surface area contributed by atoms with Gasteiger partial charge in [-0.2, -0.15) is 0 Å². The summed E-state index contributed by atoms with van der Waals surface area (Å²) in [5, 5.41) is 0. The lowest BCUT2D eigenvalue weighted by Crippen LogP contribution is -2.31. The van der Waals surface area contributed by atoms with Crippen molar-refractivity contribution >= 4 is 5.57 Å². The minimum Gasteiger partial charge on any atom is -0.372 e. The average molecular weight is 226 g/mol. The maximum Gasteiger partial charge on any atom is 0.0822 e. The summed E-state index contributed by atoms with van der Waals surface area (Å²) in [6.45, 7) is 5.27. The van der Waals surface area contributed by atoms with Crippen LogP contribution in [0.5, 0.6) is 0 Å². The van der Waals surface area contributed by atoms with Crippen LogP contribution in [-0.4, -0.2) is 12.7 Å². The molecule has 1 aromatic carbocycles. The van der Waals surface area contributed by atoms with Gasteiger partial charge in [0.15, 0.2) is 0 Å². The molecule has 4 rings (SSSR count). The molecule has 0 fully saturated rings. The first-order valence-corrected chi connectivity index (χ1v) is 6.28. The van der Waals surface area contributed by atoms with Crippen molar-refractivity contribution in [3.63, 3.8) is 0 Å². The van der Waals surface area contributed by atoms with Gasteiger partial charge >= 0.3 is 0 Å². The Morgan fingerprint density at radius 1 is 1.24 bits per heavy atom. The average Bonchev–Trinajstić information content (AvgIpc) is 2.58. The quantitative estimate of drug-likeness (QED) is 0.664. The van der Waals surface area contributed by atoms with Crippen LogP contribution in [0.1, 0.15) is 19.4 Å². The summed E-state index contributed by atoms with van der Waals surface area (Å²) in [6, 6.07) is 10.7. The lowest BCUT2D eigenvalue weighted by molar-refractivity contribution is 0.0327. The fraction of sp³-hybridized carbons (Fsp3) is 0.375. The molecule has 2 heterocycles. The molecule has 3 atom stereocenters. The Bertz CT molecular complexity index is 472. The molecule has 1 aromatic rings. The molecule has 0 amide bonds. The maximum atomic E-state index is 5.93. The first kappa shape index (κ1) is 10.8. The Morgan fingerprint density at radius 2 is 2.00 bits per heavy atom. The van der Waals surface area contributed by atoms with E-state index in [4.69, 9.17) is 4.74 Å². The predicted molar refractivity (Wildman–Crippen MR) is 70.6 cm³/mol. The van der Waals surface area contributed by atoms with Crippen LogP contribution < -0.4 is 0 Å². The first-order chi connectivity index (χ1) is 8.19. The van der Waals surface area contributed by atoms with Gasteiger partial charge in [0.25, 0.3) is 0 Å². The fourth-order valence-electron chi connectivity index (χ4n) is 2.71. The van der Waals surface area contributed by atoms with E-state index in [1.54, 1.807) is 0 Å².